The molecule has 2 aliphatic heterocycles. The van der Waals surface area contributed by atoms with Crippen LogP contribution in [0.25, 0.3) is 0 Å². The SMILES string of the molecule is Cl.O=S(=O)(c1ccc(F)cc1Br)N1C[C@H]2CNC[C@H]2C1. The van der Waals surface area contributed by atoms with Gasteiger partial charge >= 0.3 is 0 Å². The summed E-state index contributed by atoms with van der Waals surface area (Å²) in [6, 6.07) is 3.68. The maximum Gasteiger partial charge on any atom is 0.244 e. The third-order valence-corrected chi connectivity index (χ3v) is 6.68. The van der Waals surface area contributed by atoms with Crippen LogP contribution in [0.4, 0.5) is 4.39 Å². The second-order valence-corrected chi connectivity index (χ2v) is 7.84. The van der Waals surface area contributed by atoms with Crippen LogP contribution in [-0.4, -0.2) is 38.9 Å². The molecule has 1 N–H and O–H groups in total. The molecule has 0 unspecified atom stereocenters. The van der Waals surface area contributed by atoms with E-state index in [4.69, 9.17) is 0 Å². The van der Waals surface area contributed by atoms with E-state index < -0.39 is 15.8 Å². The van der Waals surface area contributed by atoms with Crippen molar-refractivity contribution in [3.63, 3.8) is 0 Å². The lowest BCUT2D eigenvalue weighted by Crippen LogP contribution is -2.32. The fourth-order valence-corrected chi connectivity index (χ4v) is 5.40. The number of hydrogen-bond donors (Lipinski definition) is 1. The van der Waals surface area contributed by atoms with Crippen LogP contribution < -0.4 is 5.32 Å². The summed E-state index contributed by atoms with van der Waals surface area (Å²) in [6.45, 7) is 2.84. The van der Waals surface area contributed by atoms with E-state index in [2.05, 4.69) is 21.2 Å². The molecule has 3 rings (SSSR count). The van der Waals surface area contributed by atoms with Gasteiger partial charge in [0.15, 0.2) is 0 Å². The summed E-state index contributed by atoms with van der Waals surface area (Å²) < 4.78 is 40.0. The predicted octanol–water partition coefficient (Wildman–Crippen LogP) is 1.85. The Labute approximate surface area is 132 Å². The second kappa shape index (κ2) is 5.88. The number of nitrogens with zero attached hydrogens (tertiary/aromatic N) is 1. The molecule has 20 heavy (non-hydrogen) atoms. The first-order valence-corrected chi connectivity index (χ1v) is 8.37. The highest BCUT2D eigenvalue weighted by atomic mass is 79.9. The van der Waals surface area contributed by atoms with Crippen molar-refractivity contribution in [2.75, 3.05) is 26.2 Å². The number of hydrogen-bond acceptors (Lipinski definition) is 3. The summed E-state index contributed by atoms with van der Waals surface area (Å²) in [4.78, 5) is 0.141. The molecule has 0 aliphatic carbocycles. The minimum atomic E-state index is -3.54. The third-order valence-electron chi connectivity index (χ3n) is 3.87. The maximum atomic E-state index is 13.1. The van der Waals surface area contributed by atoms with E-state index in [9.17, 15) is 12.8 Å². The lowest BCUT2D eigenvalue weighted by molar-refractivity contribution is 0.447. The number of halogens is 3. The molecule has 2 atom stereocenters. The van der Waals surface area contributed by atoms with E-state index in [1.807, 2.05) is 0 Å². The van der Waals surface area contributed by atoms with E-state index in [0.29, 0.717) is 24.9 Å². The Morgan fingerprint density at radius 3 is 2.40 bits per heavy atom. The van der Waals surface area contributed by atoms with E-state index >= 15 is 0 Å². The van der Waals surface area contributed by atoms with Crippen LogP contribution in [0.1, 0.15) is 0 Å². The minimum Gasteiger partial charge on any atom is -0.316 e. The Balaban J connectivity index is 0.00000147. The Morgan fingerprint density at radius 1 is 1.25 bits per heavy atom. The molecule has 4 nitrogen and oxygen atoms in total. The molecule has 2 saturated heterocycles. The highest BCUT2D eigenvalue weighted by Gasteiger charge is 2.41. The van der Waals surface area contributed by atoms with E-state index in [-0.39, 0.29) is 21.8 Å². The molecule has 112 valence electrons. The summed E-state index contributed by atoms with van der Waals surface area (Å²) in [5.41, 5.74) is 0. The number of benzene rings is 1. The monoisotopic (exact) mass is 384 g/mol. The van der Waals surface area contributed by atoms with Gasteiger partial charge in [0.1, 0.15) is 5.82 Å². The van der Waals surface area contributed by atoms with Crippen LogP contribution >= 0.6 is 28.3 Å². The van der Waals surface area contributed by atoms with Gasteiger partial charge in [0.05, 0.1) is 4.90 Å². The lowest BCUT2D eigenvalue weighted by Gasteiger charge is -2.18. The van der Waals surface area contributed by atoms with Gasteiger partial charge in [-0.2, -0.15) is 4.31 Å². The van der Waals surface area contributed by atoms with Crippen molar-refractivity contribution < 1.29 is 12.8 Å². The van der Waals surface area contributed by atoms with Crippen molar-refractivity contribution >= 4 is 38.4 Å². The van der Waals surface area contributed by atoms with Crippen LogP contribution in [0, 0.1) is 17.7 Å². The molecule has 0 radical (unpaired) electrons. The summed E-state index contributed by atoms with van der Waals surface area (Å²) in [5.74, 6) is 0.344. The van der Waals surface area contributed by atoms with Gasteiger partial charge in [0.25, 0.3) is 0 Å². The van der Waals surface area contributed by atoms with E-state index in [0.717, 1.165) is 13.1 Å². The second-order valence-electron chi connectivity index (χ2n) is 5.08. The molecular weight excluding hydrogens is 371 g/mol. The van der Waals surface area contributed by atoms with Crippen LogP contribution in [0.2, 0.25) is 0 Å². The molecule has 1 aromatic rings. The summed E-state index contributed by atoms with van der Waals surface area (Å²) >= 11 is 3.13. The lowest BCUT2D eigenvalue weighted by atomic mass is 10.0. The maximum absolute atomic E-state index is 13.1. The van der Waals surface area contributed by atoms with Gasteiger partial charge in [-0.15, -0.1) is 12.4 Å². The fourth-order valence-electron chi connectivity index (χ4n) is 2.83. The first kappa shape index (κ1) is 16.2. The smallest absolute Gasteiger partial charge is 0.244 e. The van der Waals surface area contributed by atoms with Crippen molar-refractivity contribution in [1.82, 2.24) is 9.62 Å². The van der Waals surface area contributed by atoms with Crippen molar-refractivity contribution in [3.05, 3.63) is 28.5 Å². The largest absolute Gasteiger partial charge is 0.316 e. The summed E-state index contributed by atoms with van der Waals surface area (Å²) in [7, 11) is -3.54. The number of sulfonamides is 1. The molecule has 1 aromatic carbocycles. The van der Waals surface area contributed by atoms with E-state index in [1.165, 1.54) is 22.5 Å². The number of fused-ring (bicyclic) bond motifs is 1. The molecule has 2 fully saturated rings. The molecule has 2 aliphatic rings. The molecular formula is C12H15BrClFN2O2S. The van der Waals surface area contributed by atoms with Crippen LogP contribution in [0.15, 0.2) is 27.6 Å². The van der Waals surface area contributed by atoms with Crippen molar-refractivity contribution in [2.24, 2.45) is 11.8 Å². The van der Waals surface area contributed by atoms with Crippen molar-refractivity contribution in [2.45, 2.75) is 4.90 Å². The van der Waals surface area contributed by atoms with Crippen molar-refractivity contribution in [3.8, 4) is 0 Å². The quantitative estimate of drug-likeness (QED) is 0.845. The van der Waals surface area contributed by atoms with Crippen LogP contribution in [0.5, 0.6) is 0 Å². The minimum absolute atomic E-state index is 0. The van der Waals surface area contributed by atoms with Gasteiger partial charge in [0.2, 0.25) is 10.0 Å². The van der Waals surface area contributed by atoms with Gasteiger partial charge in [-0.1, -0.05) is 0 Å². The highest BCUT2D eigenvalue weighted by Crippen LogP contribution is 2.33. The zero-order chi connectivity index (χ0) is 13.6. The average molecular weight is 386 g/mol. The Morgan fingerprint density at radius 2 is 1.85 bits per heavy atom. The molecule has 0 amide bonds. The Bertz CT molecular complexity index is 601. The normalized spacial score (nSPS) is 26.3. The number of rotatable bonds is 2. The molecule has 8 heteroatoms. The van der Waals surface area contributed by atoms with Gasteiger partial charge in [-0.05, 0) is 59.1 Å². The van der Waals surface area contributed by atoms with E-state index in [1.54, 1.807) is 0 Å². The number of nitrogens with one attached hydrogen (secondary N) is 1. The zero-order valence-electron chi connectivity index (χ0n) is 10.6. The van der Waals surface area contributed by atoms with Crippen LogP contribution in [0.3, 0.4) is 0 Å². The molecule has 0 bridgehead atoms. The summed E-state index contributed by atoms with van der Waals surface area (Å²) in [6.07, 6.45) is 0. The Hall–Kier alpha value is -0.210. The predicted molar refractivity (Wildman–Crippen MR) is 80.0 cm³/mol. The van der Waals surface area contributed by atoms with Gasteiger partial charge in [0, 0.05) is 17.6 Å². The first-order chi connectivity index (χ1) is 8.98. The summed E-state index contributed by atoms with van der Waals surface area (Å²) in [5, 5.41) is 3.27. The van der Waals surface area contributed by atoms with Gasteiger partial charge in [-0.25, -0.2) is 12.8 Å². The van der Waals surface area contributed by atoms with Gasteiger partial charge in [-0.3, -0.25) is 0 Å². The molecule has 0 saturated carbocycles. The topological polar surface area (TPSA) is 49.4 Å². The fraction of sp³-hybridized carbons (Fsp3) is 0.500. The Kier molecular flexibility index (Phi) is 4.76. The van der Waals surface area contributed by atoms with Gasteiger partial charge < -0.3 is 5.32 Å². The molecule has 0 spiro atoms. The average Bonchev–Trinajstić information content (AvgIpc) is 2.87. The first-order valence-electron chi connectivity index (χ1n) is 6.14. The highest BCUT2D eigenvalue weighted by molar-refractivity contribution is 9.10. The third kappa shape index (κ3) is 2.74. The molecule has 2 heterocycles. The van der Waals surface area contributed by atoms with Crippen molar-refractivity contribution in [1.29, 1.82) is 0 Å². The standard InChI is InChI=1S/C12H14BrFN2O2S.ClH/c13-11-3-10(14)1-2-12(11)19(17,18)16-6-8-4-15-5-9(8)7-16;/h1-3,8-9,15H,4-7H2;1H/t8-,9+;. The van der Waals surface area contributed by atoms with Crippen LogP contribution in [-0.2, 0) is 10.0 Å². The molecule has 0 aromatic heterocycles. The zero-order valence-corrected chi connectivity index (χ0v) is 13.8.